The number of nitrogens with zero attached hydrogens (tertiary/aromatic N) is 3. The van der Waals surface area contributed by atoms with Gasteiger partial charge in [-0.3, -0.25) is 9.89 Å². The summed E-state index contributed by atoms with van der Waals surface area (Å²) in [6, 6.07) is 9.23. The van der Waals surface area contributed by atoms with Gasteiger partial charge in [-0.1, -0.05) is 12.1 Å². The summed E-state index contributed by atoms with van der Waals surface area (Å²) < 4.78 is 1.36. The summed E-state index contributed by atoms with van der Waals surface area (Å²) in [4.78, 5) is 20.3. The van der Waals surface area contributed by atoms with Crippen LogP contribution in [0.5, 0.6) is 0 Å². The molecule has 0 amide bonds. The molecule has 1 aromatic carbocycles. The molecule has 0 aliphatic carbocycles. The van der Waals surface area contributed by atoms with E-state index < -0.39 is 0 Å². The second-order valence-corrected chi connectivity index (χ2v) is 4.79. The van der Waals surface area contributed by atoms with Crippen molar-refractivity contribution >= 4 is 11.5 Å². The lowest BCUT2D eigenvalue weighted by atomic mass is 10.1. The van der Waals surface area contributed by atoms with Gasteiger partial charge in [0.2, 0.25) is 0 Å². The van der Waals surface area contributed by atoms with Crippen molar-refractivity contribution < 1.29 is 0 Å². The number of aromatic nitrogens is 4. The van der Waals surface area contributed by atoms with E-state index in [-0.39, 0.29) is 5.56 Å². The molecule has 0 radical (unpaired) electrons. The van der Waals surface area contributed by atoms with Gasteiger partial charge < -0.3 is 5.73 Å². The minimum absolute atomic E-state index is 0.143. The molecule has 3 aromatic rings. The molecule has 20 heavy (non-hydrogen) atoms. The maximum atomic E-state index is 11.8. The fourth-order valence-electron chi connectivity index (χ4n) is 2.16. The minimum atomic E-state index is -0.143. The molecule has 2 aromatic heterocycles. The normalized spacial score (nSPS) is 11.1. The van der Waals surface area contributed by atoms with Gasteiger partial charge in [0.15, 0.2) is 0 Å². The quantitative estimate of drug-likeness (QED) is 0.697. The van der Waals surface area contributed by atoms with Crippen LogP contribution < -0.4 is 11.3 Å². The summed E-state index contributed by atoms with van der Waals surface area (Å²) >= 11 is 0. The SMILES string of the molecule is Cc1cc(=O)n2[nH]c(CCc3cccc(N)c3)nc2n1. The lowest BCUT2D eigenvalue weighted by Crippen LogP contribution is -2.14. The van der Waals surface area contributed by atoms with Crippen molar-refractivity contribution in [2.75, 3.05) is 5.73 Å². The van der Waals surface area contributed by atoms with Crippen molar-refractivity contribution in [1.29, 1.82) is 0 Å². The van der Waals surface area contributed by atoms with Crippen LogP contribution in [0.3, 0.4) is 0 Å². The average molecular weight is 269 g/mol. The second kappa shape index (κ2) is 4.80. The molecule has 6 nitrogen and oxygen atoms in total. The lowest BCUT2D eigenvalue weighted by molar-refractivity contribution is 0.818. The van der Waals surface area contributed by atoms with E-state index in [2.05, 4.69) is 15.1 Å². The Labute approximate surface area is 115 Å². The topological polar surface area (TPSA) is 89.1 Å². The number of nitrogens with two attached hydrogens (primary N) is 1. The number of fused-ring (bicyclic) bond motifs is 1. The Morgan fingerprint density at radius 1 is 1.25 bits per heavy atom. The Bertz CT molecular complexity index is 818. The molecule has 0 bridgehead atoms. The molecule has 0 saturated heterocycles. The number of hydrogen-bond acceptors (Lipinski definition) is 4. The standard InChI is InChI=1S/C14H15N5O/c1-9-7-13(20)19-14(16-9)17-12(18-19)6-5-10-3-2-4-11(15)8-10/h2-4,7-8H,5-6,15H2,1H3,(H,16,17,18). The zero-order valence-electron chi connectivity index (χ0n) is 11.1. The molecular weight excluding hydrogens is 254 g/mol. The molecule has 6 heteroatoms. The molecule has 3 N–H and O–H groups in total. The van der Waals surface area contributed by atoms with Crippen molar-refractivity contribution in [3.8, 4) is 0 Å². The molecule has 102 valence electrons. The molecule has 3 rings (SSSR count). The molecule has 0 aliphatic heterocycles. The Hall–Kier alpha value is -2.63. The first kappa shape index (κ1) is 12.4. The molecule has 0 fully saturated rings. The number of benzene rings is 1. The van der Waals surface area contributed by atoms with Crippen molar-refractivity contribution in [2.45, 2.75) is 19.8 Å². The summed E-state index contributed by atoms with van der Waals surface area (Å²) in [5, 5.41) is 2.98. The Morgan fingerprint density at radius 3 is 2.90 bits per heavy atom. The Morgan fingerprint density at radius 2 is 2.10 bits per heavy atom. The van der Waals surface area contributed by atoms with Crippen molar-refractivity contribution in [3.05, 3.63) is 57.8 Å². The highest BCUT2D eigenvalue weighted by molar-refractivity contribution is 5.40. The van der Waals surface area contributed by atoms with Crippen LogP contribution in [0.1, 0.15) is 17.1 Å². The van der Waals surface area contributed by atoms with Crippen LogP contribution in [0.4, 0.5) is 5.69 Å². The molecule has 0 spiro atoms. The van der Waals surface area contributed by atoms with Gasteiger partial charge in [-0.25, -0.2) is 4.98 Å². The predicted molar refractivity (Wildman–Crippen MR) is 76.6 cm³/mol. The number of H-pyrrole nitrogens is 1. The summed E-state index contributed by atoms with van der Waals surface area (Å²) in [5.74, 6) is 1.15. The minimum Gasteiger partial charge on any atom is -0.399 e. The largest absolute Gasteiger partial charge is 0.399 e. The van der Waals surface area contributed by atoms with Gasteiger partial charge in [0, 0.05) is 23.9 Å². The first-order valence-electron chi connectivity index (χ1n) is 6.41. The lowest BCUT2D eigenvalue weighted by Gasteiger charge is -2.00. The average Bonchev–Trinajstić information content (AvgIpc) is 2.80. The van der Waals surface area contributed by atoms with E-state index in [1.807, 2.05) is 24.3 Å². The van der Waals surface area contributed by atoms with E-state index in [9.17, 15) is 4.79 Å². The number of rotatable bonds is 3. The molecule has 0 saturated carbocycles. The van der Waals surface area contributed by atoms with E-state index in [0.717, 1.165) is 23.5 Å². The van der Waals surface area contributed by atoms with Gasteiger partial charge in [-0.2, -0.15) is 9.50 Å². The predicted octanol–water partition coefficient (Wildman–Crippen LogP) is 1.09. The van der Waals surface area contributed by atoms with Crippen molar-refractivity contribution in [3.63, 3.8) is 0 Å². The third-order valence-corrected chi connectivity index (χ3v) is 3.11. The first-order chi connectivity index (χ1) is 9.61. The molecular formula is C14H15N5O. The highest BCUT2D eigenvalue weighted by atomic mass is 16.1. The van der Waals surface area contributed by atoms with Crippen LogP contribution in [0.15, 0.2) is 35.1 Å². The number of nitrogen functional groups attached to an aromatic ring is 1. The van der Waals surface area contributed by atoms with Crippen LogP contribution in [0.2, 0.25) is 0 Å². The highest BCUT2D eigenvalue weighted by Crippen LogP contribution is 2.09. The van der Waals surface area contributed by atoms with E-state index in [4.69, 9.17) is 5.73 Å². The van der Waals surface area contributed by atoms with E-state index in [1.54, 1.807) is 6.92 Å². The summed E-state index contributed by atoms with van der Waals surface area (Å²) in [5.41, 5.74) is 8.16. The van der Waals surface area contributed by atoms with Crippen LogP contribution in [0, 0.1) is 6.92 Å². The summed E-state index contributed by atoms with van der Waals surface area (Å²) in [7, 11) is 0. The third-order valence-electron chi connectivity index (χ3n) is 3.11. The van der Waals surface area contributed by atoms with Gasteiger partial charge in [-0.05, 0) is 31.0 Å². The number of hydrogen-bond donors (Lipinski definition) is 2. The number of anilines is 1. The van der Waals surface area contributed by atoms with Gasteiger partial charge in [0.25, 0.3) is 11.3 Å². The van der Waals surface area contributed by atoms with E-state index >= 15 is 0 Å². The summed E-state index contributed by atoms with van der Waals surface area (Å²) in [6.07, 6.45) is 1.50. The van der Waals surface area contributed by atoms with Gasteiger partial charge in [0.05, 0.1) is 0 Å². The van der Waals surface area contributed by atoms with Gasteiger partial charge in [0.1, 0.15) is 5.82 Å². The van der Waals surface area contributed by atoms with Crippen LogP contribution in [-0.2, 0) is 12.8 Å². The maximum Gasteiger partial charge on any atom is 0.274 e. The number of nitrogens with one attached hydrogen (secondary N) is 1. The third kappa shape index (κ3) is 2.40. The second-order valence-electron chi connectivity index (χ2n) is 4.79. The molecule has 0 unspecified atom stereocenters. The van der Waals surface area contributed by atoms with E-state index in [1.165, 1.54) is 10.6 Å². The van der Waals surface area contributed by atoms with Crippen molar-refractivity contribution in [1.82, 2.24) is 19.6 Å². The van der Waals surface area contributed by atoms with Crippen LogP contribution >= 0.6 is 0 Å². The highest BCUT2D eigenvalue weighted by Gasteiger charge is 2.06. The molecule has 0 aliphatic rings. The summed E-state index contributed by atoms with van der Waals surface area (Å²) in [6.45, 7) is 1.78. The number of aromatic amines is 1. The zero-order chi connectivity index (χ0) is 14.1. The maximum absolute atomic E-state index is 11.8. The molecule has 0 atom stereocenters. The van der Waals surface area contributed by atoms with Crippen LogP contribution in [0.25, 0.3) is 5.78 Å². The Balaban J connectivity index is 1.85. The first-order valence-corrected chi connectivity index (χ1v) is 6.41. The number of aryl methyl sites for hydroxylation is 3. The Kier molecular flexibility index (Phi) is 2.98. The van der Waals surface area contributed by atoms with Gasteiger partial charge in [-0.15, -0.1) is 0 Å². The monoisotopic (exact) mass is 269 g/mol. The fourth-order valence-corrected chi connectivity index (χ4v) is 2.16. The van der Waals surface area contributed by atoms with Crippen LogP contribution in [-0.4, -0.2) is 19.6 Å². The zero-order valence-corrected chi connectivity index (χ0v) is 11.1. The van der Waals surface area contributed by atoms with Gasteiger partial charge >= 0.3 is 0 Å². The van der Waals surface area contributed by atoms with Crippen molar-refractivity contribution in [2.24, 2.45) is 0 Å². The smallest absolute Gasteiger partial charge is 0.274 e. The molecule has 2 heterocycles. The fraction of sp³-hybridized carbons (Fsp3) is 0.214. The van der Waals surface area contributed by atoms with E-state index in [0.29, 0.717) is 17.9 Å².